The first-order valence-corrected chi connectivity index (χ1v) is 15.5. The summed E-state index contributed by atoms with van der Waals surface area (Å²) >= 11 is 1.31. The Morgan fingerprint density at radius 1 is 1.10 bits per heavy atom. The Hall–Kier alpha value is -2.80. The summed E-state index contributed by atoms with van der Waals surface area (Å²) in [5, 5.41) is 5.37. The minimum atomic E-state index is -3.67. The van der Waals surface area contributed by atoms with Crippen molar-refractivity contribution in [3.05, 3.63) is 45.8 Å². The van der Waals surface area contributed by atoms with Crippen molar-refractivity contribution >= 4 is 44.3 Å². The van der Waals surface area contributed by atoms with E-state index in [0.29, 0.717) is 30.6 Å². The van der Waals surface area contributed by atoms with E-state index in [1.807, 2.05) is 6.92 Å². The lowest BCUT2D eigenvalue weighted by molar-refractivity contribution is 0.0936. The van der Waals surface area contributed by atoms with E-state index in [2.05, 4.69) is 34.1 Å². The van der Waals surface area contributed by atoms with Gasteiger partial charge in [0, 0.05) is 42.2 Å². The molecule has 2 aliphatic rings. The van der Waals surface area contributed by atoms with E-state index in [1.54, 1.807) is 4.31 Å². The molecule has 0 radical (unpaired) electrons. The maximum atomic E-state index is 13.3. The Labute approximate surface area is 233 Å². The lowest BCUT2D eigenvalue weighted by Gasteiger charge is -2.34. The summed E-state index contributed by atoms with van der Waals surface area (Å²) in [4.78, 5) is 41.4. The number of ether oxygens (including phenoxy) is 1. The summed E-state index contributed by atoms with van der Waals surface area (Å²) < 4.78 is 32.7. The molecule has 4 rings (SSSR count). The Bertz CT molecular complexity index is 1340. The molecule has 10 nitrogen and oxygen atoms in total. The summed E-state index contributed by atoms with van der Waals surface area (Å²) in [6.07, 6.45) is 3.18. The van der Waals surface area contributed by atoms with Crippen LogP contribution in [0.5, 0.6) is 0 Å². The fraction of sp³-hybridized carbons (Fsp3) is 0.519. The van der Waals surface area contributed by atoms with E-state index in [9.17, 15) is 22.8 Å². The van der Waals surface area contributed by atoms with Gasteiger partial charge in [0.15, 0.2) is 0 Å². The number of rotatable bonds is 7. The number of benzene rings is 1. The van der Waals surface area contributed by atoms with Gasteiger partial charge in [0.1, 0.15) is 5.00 Å². The largest absolute Gasteiger partial charge is 0.453 e. The Morgan fingerprint density at radius 2 is 1.82 bits per heavy atom. The van der Waals surface area contributed by atoms with Crippen molar-refractivity contribution in [1.29, 1.82) is 0 Å². The SMILES string of the molecule is CCC1CCCCN1S(=O)(=O)c1ccc(C(=O)Nc2sc3c(c2C(=O)NC(=O)OC)CCN(C(C)C)C3)cc1. The topological polar surface area (TPSA) is 125 Å². The van der Waals surface area contributed by atoms with Crippen molar-refractivity contribution < 1.29 is 27.5 Å². The predicted molar refractivity (Wildman–Crippen MR) is 150 cm³/mol. The normalized spacial score (nSPS) is 18.4. The predicted octanol–water partition coefficient (Wildman–Crippen LogP) is 4.22. The number of carbonyl (C=O) groups is 3. The summed E-state index contributed by atoms with van der Waals surface area (Å²) in [5.41, 5.74) is 1.32. The zero-order valence-corrected chi connectivity index (χ0v) is 24.4. The molecular weight excluding hydrogens is 540 g/mol. The Kier molecular flexibility index (Phi) is 9.10. The van der Waals surface area contributed by atoms with Gasteiger partial charge in [-0.25, -0.2) is 13.2 Å². The molecule has 3 heterocycles. The van der Waals surface area contributed by atoms with E-state index >= 15 is 0 Å². The molecular formula is C27H36N4O6S2. The lowest BCUT2D eigenvalue weighted by Crippen LogP contribution is -2.43. The van der Waals surface area contributed by atoms with Crippen LogP contribution < -0.4 is 10.6 Å². The highest BCUT2D eigenvalue weighted by Crippen LogP contribution is 2.38. The van der Waals surface area contributed by atoms with E-state index in [-0.39, 0.29) is 22.1 Å². The molecule has 1 atom stereocenters. The molecule has 0 bridgehead atoms. The number of anilines is 1. The van der Waals surface area contributed by atoms with Crippen molar-refractivity contribution in [3.63, 3.8) is 0 Å². The molecule has 1 aromatic heterocycles. The quantitative estimate of drug-likeness (QED) is 0.506. The molecule has 212 valence electrons. The number of carbonyl (C=O) groups excluding carboxylic acids is 3. The smallest absolute Gasteiger partial charge is 0.413 e. The molecule has 1 fully saturated rings. The standard InChI is InChI=1S/C27H36N4O6S2/c1-5-19-8-6-7-14-31(19)39(35,36)20-11-9-18(10-12-20)24(32)28-26-23(25(33)29-27(34)37-4)21-13-15-30(17(2)3)16-22(21)38-26/h9-12,17,19H,5-8,13-16H2,1-4H3,(H,28,32)(H,29,33,34). The molecule has 0 spiro atoms. The Balaban J connectivity index is 1.58. The highest BCUT2D eigenvalue weighted by atomic mass is 32.2. The number of sulfonamides is 1. The number of alkyl carbamates (subject to hydrolysis) is 1. The molecule has 0 aliphatic carbocycles. The number of methoxy groups -OCH3 is 1. The zero-order valence-electron chi connectivity index (χ0n) is 22.8. The number of imide groups is 1. The fourth-order valence-corrected chi connectivity index (χ4v) is 8.22. The third-order valence-electron chi connectivity index (χ3n) is 7.44. The van der Waals surface area contributed by atoms with Crippen LogP contribution >= 0.6 is 11.3 Å². The van der Waals surface area contributed by atoms with Crippen LogP contribution in [-0.2, 0) is 27.7 Å². The number of fused-ring (bicyclic) bond motifs is 1. The number of amides is 3. The number of hydrogen-bond donors (Lipinski definition) is 2. The van der Waals surface area contributed by atoms with Crippen LogP contribution in [0.15, 0.2) is 29.2 Å². The third-order valence-corrected chi connectivity index (χ3v) is 10.5. The summed E-state index contributed by atoms with van der Waals surface area (Å²) in [5.74, 6) is -1.11. The molecule has 1 unspecified atom stereocenters. The van der Waals surface area contributed by atoms with Crippen LogP contribution in [0.3, 0.4) is 0 Å². The van der Waals surface area contributed by atoms with Crippen molar-refractivity contribution in [1.82, 2.24) is 14.5 Å². The average molecular weight is 577 g/mol. The highest BCUT2D eigenvalue weighted by Gasteiger charge is 2.33. The van der Waals surface area contributed by atoms with E-state index in [0.717, 1.165) is 42.7 Å². The number of thiophene rings is 1. The average Bonchev–Trinajstić information content (AvgIpc) is 3.29. The minimum absolute atomic E-state index is 0.0160. The second kappa shape index (κ2) is 12.2. The first-order valence-electron chi connectivity index (χ1n) is 13.3. The van der Waals surface area contributed by atoms with Crippen LogP contribution in [-0.4, -0.2) is 67.8 Å². The van der Waals surface area contributed by atoms with E-state index < -0.39 is 27.9 Å². The molecule has 12 heteroatoms. The van der Waals surface area contributed by atoms with Crippen LogP contribution in [0.4, 0.5) is 9.80 Å². The van der Waals surface area contributed by atoms with Gasteiger partial charge >= 0.3 is 6.09 Å². The third kappa shape index (κ3) is 6.19. The van der Waals surface area contributed by atoms with Gasteiger partial charge in [0.25, 0.3) is 11.8 Å². The second-order valence-corrected chi connectivity index (χ2v) is 13.1. The van der Waals surface area contributed by atoms with Crippen LogP contribution in [0, 0.1) is 0 Å². The first-order chi connectivity index (χ1) is 18.6. The molecule has 39 heavy (non-hydrogen) atoms. The van der Waals surface area contributed by atoms with Crippen LogP contribution in [0.25, 0.3) is 0 Å². The van der Waals surface area contributed by atoms with Crippen LogP contribution in [0.2, 0.25) is 0 Å². The summed E-state index contributed by atoms with van der Waals surface area (Å²) in [6, 6.07) is 6.17. The van der Waals surface area contributed by atoms with Gasteiger partial charge in [-0.2, -0.15) is 4.31 Å². The van der Waals surface area contributed by atoms with Crippen molar-refractivity contribution in [2.75, 3.05) is 25.5 Å². The monoisotopic (exact) mass is 576 g/mol. The van der Waals surface area contributed by atoms with Gasteiger partial charge in [-0.3, -0.25) is 19.8 Å². The van der Waals surface area contributed by atoms with Gasteiger partial charge in [0.05, 0.1) is 17.6 Å². The van der Waals surface area contributed by atoms with Crippen molar-refractivity contribution in [3.8, 4) is 0 Å². The van der Waals surface area contributed by atoms with Gasteiger partial charge in [-0.15, -0.1) is 11.3 Å². The summed E-state index contributed by atoms with van der Waals surface area (Å²) in [6.45, 7) is 8.07. The van der Waals surface area contributed by atoms with E-state index in [1.165, 1.54) is 42.7 Å². The minimum Gasteiger partial charge on any atom is -0.453 e. The van der Waals surface area contributed by atoms with Crippen LogP contribution in [0.1, 0.15) is 77.6 Å². The molecule has 3 amide bonds. The fourth-order valence-electron chi connectivity index (χ4n) is 5.19. The van der Waals surface area contributed by atoms with E-state index in [4.69, 9.17) is 0 Å². The molecule has 1 aromatic carbocycles. The number of nitrogens with one attached hydrogen (secondary N) is 2. The number of hydrogen-bond acceptors (Lipinski definition) is 8. The summed E-state index contributed by atoms with van der Waals surface area (Å²) in [7, 11) is -2.50. The Morgan fingerprint density at radius 3 is 2.46 bits per heavy atom. The lowest BCUT2D eigenvalue weighted by atomic mass is 10.0. The van der Waals surface area contributed by atoms with Gasteiger partial charge < -0.3 is 10.1 Å². The van der Waals surface area contributed by atoms with Gasteiger partial charge in [0.2, 0.25) is 10.0 Å². The number of piperidine rings is 1. The van der Waals surface area contributed by atoms with Crippen molar-refractivity contribution in [2.45, 2.75) is 76.4 Å². The first kappa shape index (κ1) is 29.2. The maximum Gasteiger partial charge on any atom is 0.413 e. The molecule has 2 aliphatic heterocycles. The van der Waals surface area contributed by atoms with Gasteiger partial charge in [-0.1, -0.05) is 13.3 Å². The maximum absolute atomic E-state index is 13.3. The molecule has 2 aromatic rings. The molecule has 1 saturated heterocycles. The zero-order chi connectivity index (χ0) is 28.3. The molecule has 0 saturated carbocycles. The highest BCUT2D eigenvalue weighted by molar-refractivity contribution is 7.89. The van der Waals surface area contributed by atoms with Crippen molar-refractivity contribution in [2.24, 2.45) is 0 Å². The molecule has 2 N–H and O–H groups in total. The van der Waals surface area contributed by atoms with Gasteiger partial charge in [-0.05, 0) is 69.4 Å². The number of nitrogens with zero attached hydrogens (tertiary/aromatic N) is 2. The second-order valence-electron chi connectivity index (χ2n) is 10.1.